The number of hydrazone groups is 1. The van der Waals surface area contributed by atoms with Gasteiger partial charge in [-0.05, 0) is 62.7 Å². The SMILES string of the molecule is CCOC(=O)c1ccc(-n2c(C)cc(/C=N\NCc3ccccc3Cl)c2C)cc1. The number of hydrogen-bond donors (Lipinski definition) is 1. The minimum Gasteiger partial charge on any atom is -0.462 e. The van der Waals surface area contributed by atoms with Gasteiger partial charge in [-0.15, -0.1) is 0 Å². The van der Waals surface area contributed by atoms with Crippen LogP contribution < -0.4 is 5.43 Å². The fraction of sp³-hybridized carbons (Fsp3) is 0.217. The van der Waals surface area contributed by atoms with E-state index in [0.29, 0.717) is 18.7 Å². The second-order valence-corrected chi connectivity index (χ2v) is 7.02. The van der Waals surface area contributed by atoms with Gasteiger partial charge in [0.1, 0.15) is 0 Å². The highest BCUT2D eigenvalue weighted by Crippen LogP contribution is 2.20. The van der Waals surface area contributed by atoms with Crippen LogP contribution in [0, 0.1) is 13.8 Å². The van der Waals surface area contributed by atoms with E-state index in [9.17, 15) is 4.79 Å². The van der Waals surface area contributed by atoms with E-state index in [1.165, 1.54) is 0 Å². The van der Waals surface area contributed by atoms with Gasteiger partial charge in [0.05, 0.1) is 24.9 Å². The first kappa shape index (κ1) is 20.7. The Labute approximate surface area is 176 Å². The van der Waals surface area contributed by atoms with Gasteiger partial charge in [0.25, 0.3) is 0 Å². The largest absolute Gasteiger partial charge is 0.462 e. The molecule has 0 saturated heterocycles. The van der Waals surface area contributed by atoms with E-state index in [2.05, 4.69) is 21.2 Å². The number of ether oxygens (including phenoxy) is 1. The lowest BCUT2D eigenvalue weighted by Gasteiger charge is -2.10. The van der Waals surface area contributed by atoms with Crippen molar-refractivity contribution in [3.05, 3.63) is 87.7 Å². The van der Waals surface area contributed by atoms with Crippen molar-refractivity contribution in [2.75, 3.05) is 6.61 Å². The van der Waals surface area contributed by atoms with Gasteiger partial charge < -0.3 is 14.7 Å². The van der Waals surface area contributed by atoms with Gasteiger partial charge in [-0.2, -0.15) is 5.10 Å². The molecule has 0 aliphatic rings. The predicted molar refractivity (Wildman–Crippen MR) is 117 cm³/mol. The number of rotatable bonds is 7. The number of nitrogens with zero attached hydrogens (tertiary/aromatic N) is 2. The summed E-state index contributed by atoms with van der Waals surface area (Å²) in [5.74, 6) is -0.308. The Kier molecular flexibility index (Phi) is 6.73. The Morgan fingerprint density at radius 2 is 1.90 bits per heavy atom. The fourth-order valence-corrected chi connectivity index (χ4v) is 3.37. The molecule has 5 nitrogen and oxygen atoms in total. The van der Waals surface area contributed by atoms with Gasteiger partial charge >= 0.3 is 5.97 Å². The summed E-state index contributed by atoms with van der Waals surface area (Å²) in [7, 11) is 0. The summed E-state index contributed by atoms with van der Waals surface area (Å²) in [4.78, 5) is 11.8. The average molecular weight is 410 g/mol. The van der Waals surface area contributed by atoms with Crippen molar-refractivity contribution >= 4 is 23.8 Å². The van der Waals surface area contributed by atoms with E-state index in [0.717, 1.165) is 33.2 Å². The van der Waals surface area contributed by atoms with Gasteiger partial charge in [0.2, 0.25) is 0 Å². The topological polar surface area (TPSA) is 55.6 Å². The van der Waals surface area contributed by atoms with Crippen molar-refractivity contribution in [2.24, 2.45) is 5.10 Å². The normalized spacial score (nSPS) is 11.0. The molecule has 1 N–H and O–H groups in total. The maximum absolute atomic E-state index is 11.8. The van der Waals surface area contributed by atoms with E-state index in [1.807, 2.05) is 56.5 Å². The number of esters is 1. The first-order valence-electron chi connectivity index (χ1n) is 9.47. The van der Waals surface area contributed by atoms with Crippen LogP contribution in [0.15, 0.2) is 59.7 Å². The fourth-order valence-electron chi connectivity index (χ4n) is 3.16. The molecule has 1 heterocycles. The van der Waals surface area contributed by atoms with E-state index < -0.39 is 0 Å². The standard InChI is InChI=1S/C23H24ClN3O2/c1-4-29-23(28)18-9-11-21(12-10-18)27-16(2)13-20(17(27)3)15-26-25-14-19-7-5-6-8-22(19)24/h5-13,15,25H,4,14H2,1-3H3/b26-15-. The number of halogens is 1. The zero-order valence-corrected chi connectivity index (χ0v) is 17.5. The average Bonchev–Trinajstić information content (AvgIpc) is 3.00. The molecule has 0 atom stereocenters. The van der Waals surface area contributed by atoms with Gasteiger partial charge in [-0.25, -0.2) is 4.79 Å². The van der Waals surface area contributed by atoms with Crippen molar-refractivity contribution in [3.8, 4) is 5.69 Å². The molecular weight excluding hydrogens is 386 g/mol. The molecule has 0 bridgehead atoms. The maximum atomic E-state index is 11.8. The molecule has 1 aromatic heterocycles. The quantitative estimate of drug-likeness (QED) is 0.337. The van der Waals surface area contributed by atoms with Crippen molar-refractivity contribution in [1.29, 1.82) is 0 Å². The Bertz CT molecular complexity index is 1020. The van der Waals surface area contributed by atoms with Crippen LogP contribution >= 0.6 is 11.6 Å². The molecule has 0 spiro atoms. The van der Waals surface area contributed by atoms with Crippen molar-refractivity contribution in [2.45, 2.75) is 27.3 Å². The molecule has 29 heavy (non-hydrogen) atoms. The predicted octanol–water partition coefficient (Wildman–Crippen LogP) is 5.05. The molecule has 0 fully saturated rings. The second-order valence-electron chi connectivity index (χ2n) is 6.61. The summed E-state index contributed by atoms with van der Waals surface area (Å²) < 4.78 is 7.17. The minimum atomic E-state index is -0.308. The van der Waals surface area contributed by atoms with Crippen LogP contribution in [0.25, 0.3) is 5.69 Å². The van der Waals surface area contributed by atoms with E-state index in [4.69, 9.17) is 16.3 Å². The second kappa shape index (κ2) is 9.43. The Balaban J connectivity index is 1.73. The molecule has 6 heteroatoms. The summed E-state index contributed by atoms with van der Waals surface area (Å²) in [6.07, 6.45) is 1.81. The van der Waals surface area contributed by atoms with Gasteiger partial charge in [0, 0.05) is 27.7 Å². The van der Waals surface area contributed by atoms with E-state index in [1.54, 1.807) is 19.1 Å². The summed E-state index contributed by atoms with van der Waals surface area (Å²) in [5, 5.41) is 5.06. The molecule has 150 valence electrons. The zero-order chi connectivity index (χ0) is 20.8. The molecule has 2 aromatic carbocycles. The van der Waals surface area contributed by atoms with Gasteiger partial charge in [-0.1, -0.05) is 29.8 Å². The molecule has 3 aromatic rings. The number of benzene rings is 2. The lowest BCUT2D eigenvalue weighted by molar-refractivity contribution is 0.0526. The third-order valence-electron chi connectivity index (χ3n) is 4.63. The van der Waals surface area contributed by atoms with Crippen LogP contribution in [-0.4, -0.2) is 23.4 Å². The number of carbonyl (C=O) groups is 1. The Hall–Kier alpha value is -3.05. The minimum absolute atomic E-state index is 0.308. The highest BCUT2D eigenvalue weighted by Gasteiger charge is 2.11. The molecule has 0 aliphatic heterocycles. The third kappa shape index (κ3) is 4.87. The number of aryl methyl sites for hydroxylation is 1. The molecule has 0 aliphatic carbocycles. The molecule has 3 rings (SSSR count). The van der Waals surface area contributed by atoms with E-state index >= 15 is 0 Å². The number of carbonyl (C=O) groups excluding carboxylic acids is 1. The summed E-state index contributed by atoms with van der Waals surface area (Å²) in [6.45, 7) is 6.81. The van der Waals surface area contributed by atoms with Crippen LogP contribution in [0.3, 0.4) is 0 Å². The van der Waals surface area contributed by atoms with Gasteiger partial charge in [0.15, 0.2) is 0 Å². The smallest absolute Gasteiger partial charge is 0.338 e. The molecule has 0 radical (unpaired) electrons. The molecule has 0 saturated carbocycles. The lowest BCUT2D eigenvalue weighted by atomic mass is 10.2. The van der Waals surface area contributed by atoms with Crippen molar-refractivity contribution < 1.29 is 9.53 Å². The van der Waals surface area contributed by atoms with E-state index in [-0.39, 0.29) is 5.97 Å². The highest BCUT2D eigenvalue weighted by molar-refractivity contribution is 6.31. The zero-order valence-electron chi connectivity index (χ0n) is 16.8. The summed E-state index contributed by atoms with van der Waals surface area (Å²) in [6, 6.07) is 17.2. The number of hydrogen-bond acceptors (Lipinski definition) is 4. The van der Waals surface area contributed by atoms with Crippen molar-refractivity contribution in [1.82, 2.24) is 9.99 Å². The first-order valence-corrected chi connectivity index (χ1v) is 9.85. The summed E-state index contributed by atoms with van der Waals surface area (Å²) in [5.41, 5.74) is 8.73. The van der Waals surface area contributed by atoms with Crippen LogP contribution in [0.2, 0.25) is 5.02 Å². The highest BCUT2D eigenvalue weighted by atomic mass is 35.5. The third-order valence-corrected chi connectivity index (χ3v) is 5.00. The van der Waals surface area contributed by atoms with Gasteiger partial charge in [-0.3, -0.25) is 0 Å². The van der Waals surface area contributed by atoms with Crippen molar-refractivity contribution in [3.63, 3.8) is 0 Å². The number of nitrogens with one attached hydrogen (secondary N) is 1. The molecule has 0 unspecified atom stereocenters. The Morgan fingerprint density at radius 1 is 1.17 bits per heavy atom. The van der Waals surface area contributed by atoms with Crippen LogP contribution in [0.1, 0.15) is 39.8 Å². The Morgan fingerprint density at radius 3 is 2.59 bits per heavy atom. The lowest BCUT2D eigenvalue weighted by Crippen LogP contribution is -2.06. The maximum Gasteiger partial charge on any atom is 0.338 e. The van der Waals surface area contributed by atoms with Crippen LogP contribution in [0.4, 0.5) is 0 Å². The molecular formula is C23H24ClN3O2. The first-order chi connectivity index (χ1) is 14.0. The molecule has 0 amide bonds. The monoisotopic (exact) mass is 409 g/mol. The van der Waals surface area contributed by atoms with Crippen LogP contribution in [0.5, 0.6) is 0 Å². The summed E-state index contributed by atoms with van der Waals surface area (Å²) >= 11 is 6.16. The van der Waals surface area contributed by atoms with Crippen LogP contribution in [-0.2, 0) is 11.3 Å². The number of aromatic nitrogens is 1.